The molecule has 2 aromatic heterocycles. The molecular formula is C34H27N5. The van der Waals surface area contributed by atoms with E-state index in [2.05, 4.69) is 83.4 Å². The second kappa shape index (κ2) is 8.99. The SMILES string of the molecule is CN(C)/C(=N\C(=N)n1c2ccccc2c2cc3c4ccccc4n(-c4ccccc4)c3cc21)c1ccccc1. The van der Waals surface area contributed by atoms with Crippen molar-refractivity contribution in [1.82, 2.24) is 14.0 Å². The summed E-state index contributed by atoms with van der Waals surface area (Å²) in [5, 5.41) is 13.9. The maximum Gasteiger partial charge on any atom is 0.229 e. The molecule has 1 N–H and O–H groups in total. The van der Waals surface area contributed by atoms with Crippen molar-refractivity contribution < 1.29 is 0 Å². The molecule has 7 rings (SSSR count). The van der Waals surface area contributed by atoms with E-state index in [1.165, 1.54) is 10.8 Å². The summed E-state index contributed by atoms with van der Waals surface area (Å²) < 4.78 is 4.29. The van der Waals surface area contributed by atoms with Gasteiger partial charge in [0.05, 0.1) is 22.1 Å². The van der Waals surface area contributed by atoms with Crippen LogP contribution in [-0.4, -0.2) is 39.9 Å². The average molecular weight is 506 g/mol. The van der Waals surface area contributed by atoms with Gasteiger partial charge in [0.15, 0.2) is 0 Å². The summed E-state index contributed by atoms with van der Waals surface area (Å²) >= 11 is 0. The van der Waals surface area contributed by atoms with Crippen LogP contribution < -0.4 is 0 Å². The Kier molecular flexibility index (Phi) is 5.30. The van der Waals surface area contributed by atoms with Crippen molar-refractivity contribution in [2.75, 3.05) is 14.1 Å². The fourth-order valence-corrected chi connectivity index (χ4v) is 5.67. The number of aromatic nitrogens is 2. The number of rotatable bonds is 2. The van der Waals surface area contributed by atoms with E-state index in [0.29, 0.717) is 0 Å². The Labute approximate surface area is 226 Å². The summed E-state index contributed by atoms with van der Waals surface area (Å²) in [6, 6.07) is 41.9. The van der Waals surface area contributed by atoms with Crippen molar-refractivity contribution in [1.29, 1.82) is 5.41 Å². The third kappa shape index (κ3) is 3.62. The van der Waals surface area contributed by atoms with Crippen molar-refractivity contribution >= 4 is 55.4 Å². The number of nitrogens with one attached hydrogen (secondary N) is 1. The van der Waals surface area contributed by atoms with Crippen LogP contribution in [0.25, 0.3) is 49.3 Å². The predicted octanol–water partition coefficient (Wildman–Crippen LogP) is 7.68. The molecule has 5 nitrogen and oxygen atoms in total. The zero-order valence-electron chi connectivity index (χ0n) is 21.8. The molecule has 0 aliphatic rings. The molecule has 0 spiro atoms. The average Bonchev–Trinajstić information content (AvgIpc) is 3.47. The van der Waals surface area contributed by atoms with E-state index in [0.717, 1.165) is 49.9 Å². The van der Waals surface area contributed by atoms with Crippen LogP contribution in [0.2, 0.25) is 0 Å². The molecule has 2 heterocycles. The molecule has 5 aromatic carbocycles. The molecule has 7 aromatic rings. The lowest BCUT2D eigenvalue weighted by molar-refractivity contribution is 0.624. The Balaban J connectivity index is 1.56. The van der Waals surface area contributed by atoms with Gasteiger partial charge in [0.2, 0.25) is 5.96 Å². The Bertz CT molecular complexity index is 2040. The van der Waals surface area contributed by atoms with Crippen LogP contribution in [0, 0.1) is 5.41 Å². The van der Waals surface area contributed by atoms with E-state index >= 15 is 0 Å². The Morgan fingerprint density at radius 2 is 1.15 bits per heavy atom. The summed E-state index contributed by atoms with van der Waals surface area (Å²) in [5.41, 5.74) is 6.28. The molecule has 188 valence electrons. The Morgan fingerprint density at radius 3 is 1.85 bits per heavy atom. The zero-order valence-corrected chi connectivity index (χ0v) is 21.8. The summed E-state index contributed by atoms with van der Waals surface area (Å²) in [6.07, 6.45) is 0. The Morgan fingerprint density at radius 1 is 0.590 bits per heavy atom. The van der Waals surface area contributed by atoms with Gasteiger partial charge in [0.1, 0.15) is 5.84 Å². The van der Waals surface area contributed by atoms with E-state index in [4.69, 9.17) is 4.99 Å². The fraction of sp³-hybridized carbons (Fsp3) is 0.0588. The van der Waals surface area contributed by atoms with Crippen molar-refractivity contribution in [2.45, 2.75) is 0 Å². The van der Waals surface area contributed by atoms with Crippen LogP contribution in [0.3, 0.4) is 0 Å². The van der Waals surface area contributed by atoms with Crippen LogP contribution >= 0.6 is 0 Å². The number of hydrogen-bond donors (Lipinski definition) is 1. The van der Waals surface area contributed by atoms with E-state index in [1.54, 1.807) is 0 Å². The number of benzene rings is 5. The molecule has 0 radical (unpaired) electrons. The molecule has 0 bridgehead atoms. The van der Waals surface area contributed by atoms with Crippen molar-refractivity contribution in [3.63, 3.8) is 0 Å². The van der Waals surface area contributed by atoms with Gasteiger partial charge in [0, 0.05) is 46.9 Å². The third-order valence-corrected chi connectivity index (χ3v) is 7.36. The summed E-state index contributed by atoms with van der Waals surface area (Å²) in [6.45, 7) is 0. The quantitative estimate of drug-likeness (QED) is 0.190. The van der Waals surface area contributed by atoms with E-state index < -0.39 is 0 Å². The minimum Gasteiger partial charge on any atom is -0.362 e. The number of para-hydroxylation sites is 3. The summed E-state index contributed by atoms with van der Waals surface area (Å²) in [5.74, 6) is 0.918. The highest BCUT2D eigenvalue weighted by molar-refractivity contribution is 6.21. The van der Waals surface area contributed by atoms with Gasteiger partial charge in [0.25, 0.3) is 0 Å². The zero-order chi connectivity index (χ0) is 26.5. The highest BCUT2D eigenvalue weighted by Gasteiger charge is 2.19. The monoisotopic (exact) mass is 505 g/mol. The van der Waals surface area contributed by atoms with Crippen molar-refractivity contribution in [3.05, 3.63) is 127 Å². The Hall–Kier alpha value is -5.16. The van der Waals surface area contributed by atoms with Crippen LogP contribution in [-0.2, 0) is 0 Å². The van der Waals surface area contributed by atoms with Gasteiger partial charge in [-0.25, -0.2) is 0 Å². The molecular weight excluding hydrogens is 478 g/mol. The molecule has 0 aliphatic heterocycles. The largest absolute Gasteiger partial charge is 0.362 e. The first-order valence-corrected chi connectivity index (χ1v) is 13.0. The molecule has 0 atom stereocenters. The summed E-state index contributed by atoms with van der Waals surface area (Å²) in [7, 11) is 3.93. The minimum absolute atomic E-state index is 0.176. The molecule has 39 heavy (non-hydrogen) atoms. The number of aliphatic imine (C=N–C) groups is 1. The molecule has 0 unspecified atom stereocenters. The first-order valence-electron chi connectivity index (χ1n) is 13.0. The van der Waals surface area contributed by atoms with Gasteiger partial charge in [-0.05, 0) is 36.4 Å². The van der Waals surface area contributed by atoms with Crippen LogP contribution in [0.4, 0.5) is 0 Å². The number of hydrogen-bond acceptors (Lipinski definition) is 1. The first kappa shape index (κ1) is 23.0. The van der Waals surface area contributed by atoms with E-state index in [9.17, 15) is 5.41 Å². The van der Waals surface area contributed by atoms with Crippen LogP contribution in [0.5, 0.6) is 0 Å². The topological polar surface area (TPSA) is 49.3 Å². The standard InChI is InChI=1S/C34H27N5/c1-37(2)33(23-13-5-3-6-14-23)36-34(35)39-30-20-12-10-18-26(30)28-21-27-25-17-9-11-19-29(25)38(31(27)22-32(28)39)24-15-7-4-8-16-24/h3-22,35H,1-2H3/b35-34?,36-33-. The van der Waals surface area contributed by atoms with Crippen molar-refractivity contribution in [2.24, 2.45) is 4.99 Å². The number of nitrogens with zero attached hydrogens (tertiary/aromatic N) is 4. The number of fused-ring (bicyclic) bond motifs is 6. The maximum absolute atomic E-state index is 9.26. The van der Waals surface area contributed by atoms with E-state index in [-0.39, 0.29) is 5.96 Å². The smallest absolute Gasteiger partial charge is 0.229 e. The van der Waals surface area contributed by atoms with Gasteiger partial charge >= 0.3 is 0 Å². The van der Waals surface area contributed by atoms with Gasteiger partial charge in [-0.1, -0.05) is 84.9 Å². The fourth-order valence-electron chi connectivity index (χ4n) is 5.67. The molecule has 0 aliphatic carbocycles. The van der Waals surface area contributed by atoms with Crippen LogP contribution in [0.15, 0.2) is 126 Å². The maximum atomic E-state index is 9.26. The highest BCUT2D eigenvalue weighted by atomic mass is 15.2. The lowest BCUT2D eigenvalue weighted by Gasteiger charge is -2.17. The minimum atomic E-state index is 0.176. The molecule has 0 fully saturated rings. The lowest BCUT2D eigenvalue weighted by atomic mass is 10.1. The molecule has 5 heteroatoms. The second-order valence-electron chi connectivity index (χ2n) is 9.95. The highest BCUT2D eigenvalue weighted by Crippen LogP contribution is 2.38. The van der Waals surface area contributed by atoms with Gasteiger partial charge in [-0.15, -0.1) is 0 Å². The summed E-state index contributed by atoms with van der Waals surface area (Å²) in [4.78, 5) is 6.84. The number of amidine groups is 1. The van der Waals surface area contributed by atoms with Gasteiger partial charge in [-0.3, -0.25) is 9.98 Å². The lowest BCUT2D eigenvalue weighted by Crippen LogP contribution is -2.25. The first-order chi connectivity index (χ1) is 19.1. The third-order valence-electron chi connectivity index (χ3n) is 7.36. The predicted molar refractivity (Wildman–Crippen MR) is 164 cm³/mol. The van der Waals surface area contributed by atoms with E-state index in [1.807, 2.05) is 66.0 Å². The van der Waals surface area contributed by atoms with Crippen molar-refractivity contribution in [3.8, 4) is 5.69 Å². The molecule has 0 saturated carbocycles. The van der Waals surface area contributed by atoms with Gasteiger partial charge in [-0.2, -0.15) is 4.99 Å². The van der Waals surface area contributed by atoms with Crippen LogP contribution in [0.1, 0.15) is 5.56 Å². The molecule has 0 amide bonds. The molecule has 0 saturated heterocycles. The normalized spacial score (nSPS) is 12.1. The van der Waals surface area contributed by atoms with Gasteiger partial charge < -0.3 is 9.47 Å². The second-order valence-corrected chi connectivity index (χ2v) is 9.95.